The number of hydrogen-bond acceptors (Lipinski definition) is 4. The van der Waals surface area contributed by atoms with E-state index in [1.165, 1.54) is 16.4 Å². The van der Waals surface area contributed by atoms with Crippen molar-refractivity contribution in [2.24, 2.45) is 0 Å². The van der Waals surface area contributed by atoms with E-state index in [1.54, 1.807) is 6.07 Å². The summed E-state index contributed by atoms with van der Waals surface area (Å²) in [5.41, 5.74) is 6.04. The summed E-state index contributed by atoms with van der Waals surface area (Å²) in [5, 5.41) is 0.174. The van der Waals surface area contributed by atoms with Gasteiger partial charge in [-0.05, 0) is 38.7 Å². The molecular formula is C12H18ClN3O2S. The smallest absolute Gasteiger partial charge is 0.244 e. The lowest BCUT2D eigenvalue weighted by Crippen LogP contribution is -2.34. The van der Waals surface area contributed by atoms with Crippen molar-refractivity contribution >= 4 is 27.3 Å². The molecule has 5 nitrogen and oxygen atoms in total. The van der Waals surface area contributed by atoms with Crippen molar-refractivity contribution in [3.63, 3.8) is 0 Å². The normalized spacial score (nSPS) is 21.2. The topological polar surface area (TPSA) is 66.6 Å². The van der Waals surface area contributed by atoms with Crippen LogP contribution in [0.4, 0.5) is 5.69 Å². The maximum Gasteiger partial charge on any atom is 0.244 e. The Hall–Kier alpha value is -0.820. The van der Waals surface area contributed by atoms with E-state index in [0.29, 0.717) is 18.8 Å². The second-order valence-corrected chi connectivity index (χ2v) is 7.27. The molecule has 1 saturated heterocycles. The summed E-state index contributed by atoms with van der Waals surface area (Å²) in [6.07, 6.45) is 0.832. The summed E-state index contributed by atoms with van der Waals surface area (Å²) in [5.74, 6) is 0. The van der Waals surface area contributed by atoms with Crippen LogP contribution in [0.2, 0.25) is 5.02 Å². The summed E-state index contributed by atoms with van der Waals surface area (Å²) in [7, 11) is 0.377. The van der Waals surface area contributed by atoms with Crippen LogP contribution in [0.25, 0.3) is 0 Å². The minimum atomic E-state index is -3.53. The number of sulfonamides is 1. The minimum Gasteiger partial charge on any atom is -0.399 e. The first-order valence-electron chi connectivity index (χ1n) is 6.04. The van der Waals surface area contributed by atoms with Crippen LogP contribution in [0.5, 0.6) is 0 Å². The number of likely N-dealkylation sites (N-methyl/N-ethyl adjacent to an activating group) is 1. The number of nitrogens with zero attached hydrogens (tertiary/aromatic N) is 2. The van der Waals surface area contributed by atoms with Gasteiger partial charge in [0.2, 0.25) is 10.0 Å². The SMILES string of the molecule is CN(C)C1CCN(S(=O)(=O)c2ccc(N)cc2Cl)C1. The van der Waals surface area contributed by atoms with Crippen molar-refractivity contribution < 1.29 is 8.42 Å². The van der Waals surface area contributed by atoms with Gasteiger partial charge in [-0.3, -0.25) is 0 Å². The molecule has 1 unspecified atom stereocenters. The first-order chi connectivity index (χ1) is 8.82. The number of hydrogen-bond donors (Lipinski definition) is 1. The monoisotopic (exact) mass is 303 g/mol. The summed E-state index contributed by atoms with van der Waals surface area (Å²) < 4.78 is 26.5. The van der Waals surface area contributed by atoms with Crippen LogP contribution in [-0.2, 0) is 10.0 Å². The summed E-state index contributed by atoms with van der Waals surface area (Å²) in [6, 6.07) is 4.74. The Bertz CT molecular complexity index is 574. The first kappa shape index (κ1) is 14.6. The minimum absolute atomic E-state index is 0.128. The molecule has 0 bridgehead atoms. The molecule has 0 amide bonds. The van der Waals surface area contributed by atoms with Gasteiger partial charge in [-0.25, -0.2) is 8.42 Å². The fourth-order valence-corrected chi connectivity index (χ4v) is 4.23. The maximum absolute atomic E-state index is 12.5. The zero-order valence-electron chi connectivity index (χ0n) is 11.0. The largest absolute Gasteiger partial charge is 0.399 e. The van der Waals surface area contributed by atoms with Crippen LogP contribution in [0, 0.1) is 0 Å². The number of anilines is 1. The van der Waals surface area contributed by atoms with E-state index < -0.39 is 10.0 Å². The molecule has 0 aromatic heterocycles. The molecule has 0 spiro atoms. The zero-order chi connectivity index (χ0) is 14.2. The molecule has 2 rings (SSSR count). The molecule has 19 heavy (non-hydrogen) atoms. The predicted molar refractivity (Wildman–Crippen MR) is 76.7 cm³/mol. The average Bonchev–Trinajstić information content (AvgIpc) is 2.78. The molecule has 1 aromatic rings. The second kappa shape index (κ2) is 5.28. The number of nitrogens with two attached hydrogens (primary N) is 1. The van der Waals surface area contributed by atoms with E-state index in [4.69, 9.17) is 17.3 Å². The molecule has 1 aromatic carbocycles. The van der Waals surface area contributed by atoms with Crippen molar-refractivity contribution in [2.45, 2.75) is 17.4 Å². The van der Waals surface area contributed by atoms with E-state index in [1.807, 2.05) is 19.0 Å². The Morgan fingerprint density at radius 2 is 2.11 bits per heavy atom. The molecule has 1 fully saturated rings. The molecule has 2 N–H and O–H groups in total. The van der Waals surface area contributed by atoms with Crippen LogP contribution < -0.4 is 5.73 Å². The van der Waals surface area contributed by atoms with Gasteiger partial charge in [0.25, 0.3) is 0 Å². The standard InChI is InChI=1S/C12H18ClN3O2S/c1-15(2)10-5-6-16(8-10)19(17,18)12-4-3-9(14)7-11(12)13/h3-4,7,10H,5-6,8,14H2,1-2H3. The highest BCUT2D eigenvalue weighted by Crippen LogP contribution is 2.29. The molecule has 1 aliphatic heterocycles. The lowest BCUT2D eigenvalue weighted by atomic mass is 10.2. The third-order valence-electron chi connectivity index (χ3n) is 3.43. The number of benzene rings is 1. The number of halogens is 1. The summed E-state index contributed by atoms with van der Waals surface area (Å²) in [6.45, 7) is 1.02. The second-order valence-electron chi connectivity index (χ2n) is 4.96. The van der Waals surface area contributed by atoms with Gasteiger partial charge in [-0.1, -0.05) is 11.6 Å². The van der Waals surface area contributed by atoms with E-state index in [9.17, 15) is 8.42 Å². The molecule has 0 radical (unpaired) electrons. The third kappa shape index (κ3) is 2.86. The fraction of sp³-hybridized carbons (Fsp3) is 0.500. The molecule has 106 valence electrons. The molecule has 7 heteroatoms. The molecule has 1 aliphatic rings. The van der Waals surface area contributed by atoms with E-state index in [-0.39, 0.29) is 16.0 Å². The van der Waals surface area contributed by atoms with Crippen molar-refractivity contribution in [1.29, 1.82) is 0 Å². The first-order valence-corrected chi connectivity index (χ1v) is 7.86. The fourth-order valence-electron chi connectivity index (χ4n) is 2.22. The van der Waals surface area contributed by atoms with Crippen LogP contribution in [-0.4, -0.2) is 50.8 Å². The lowest BCUT2D eigenvalue weighted by molar-refractivity contribution is 0.302. The molecule has 1 heterocycles. The Morgan fingerprint density at radius 3 is 2.63 bits per heavy atom. The van der Waals surface area contributed by atoms with Crippen LogP contribution in [0.3, 0.4) is 0 Å². The Kier molecular flexibility index (Phi) is 4.06. The van der Waals surface area contributed by atoms with Gasteiger partial charge in [-0.2, -0.15) is 4.31 Å². The van der Waals surface area contributed by atoms with Crippen molar-refractivity contribution in [1.82, 2.24) is 9.21 Å². The highest BCUT2D eigenvalue weighted by molar-refractivity contribution is 7.89. The zero-order valence-corrected chi connectivity index (χ0v) is 12.6. The molecular weight excluding hydrogens is 286 g/mol. The van der Waals surface area contributed by atoms with Crippen molar-refractivity contribution in [2.75, 3.05) is 32.9 Å². The molecule has 1 atom stereocenters. The van der Waals surface area contributed by atoms with E-state index in [0.717, 1.165) is 6.42 Å². The summed E-state index contributed by atoms with van der Waals surface area (Å²) >= 11 is 6.00. The molecule has 0 aliphatic carbocycles. The van der Waals surface area contributed by atoms with Crippen molar-refractivity contribution in [3.05, 3.63) is 23.2 Å². The Labute approximate surface area is 119 Å². The van der Waals surface area contributed by atoms with E-state index >= 15 is 0 Å². The van der Waals surface area contributed by atoms with Gasteiger partial charge in [-0.15, -0.1) is 0 Å². The Balaban J connectivity index is 2.29. The van der Waals surface area contributed by atoms with Gasteiger partial charge in [0.1, 0.15) is 4.90 Å². The van der Waals surface area contributed by atoms with Crippen LogP contribution >= 0.6 is 11.6 Å². The third-order valence-corrected chi connectivity index (χ3v) is 5.78. The maximum atomic E-state index is 12.5. The highest BCUT2D eigenvalue weighted by Gasteiger charge is 2.34. The lowest BCUT2D eigenvalue weighted by Gasteiger charge is -2.20. The predicted octanol–water partition coefficient (Wildman–Crippen LogP) is 1.25. The van der Waals surface area contributed by atoms with Gasteiger partial charge in [0, 0.05) is 24.8 Å². The van der Waals surface area contributed by atoms with Crippen LogP contribution in [0.15, 0.2) is 23.1 Å². The van der Waals surface area contributed by atoms with Crippen molar-refractivity contribution in [3.8, 4) is 0 Å². The van der Waals surface area contributed by atoms with Gasteiger partial charge >= 0.3 is 0 Å². The number of rotatable bonds is 3. The van der Waals surface area contributed by atoms with Gasteiger partial charge in [0.05, 0.1) is 5.02 Å². The van der Waals surface area contributed by atoms with Crippen LogP contribution in [0.1, 0.15) is 6.42 Å². The van der Waals surface area contributed by atoms with Gasteiger partial charge in [0.15, 0.2) is 0 Å². The Morgan fingerprint density at radius 1 is 1.42 bits per heavy atom. The summed E-state index contributed by atoms with van der Waals surface area (Å²) in [4.78, 5) is 2.17. The molecule has 0 saturated carbocycles. The quantitative estimate of drug-likeness (QED) is 0.853. The van der Waals surface area contributed by atoms with Gasteiger partial charge < -0.3 is 10.6 Å². The highest BCUT2D eigenvalue weighted by atomic mass is 35.5. The van der Waals surface area contributed by atoms with E-state index in [2.05, 4.69) is 0 Å². The average molecular weight is 304 g/mol. The number of nitrogen functional groups attached to an aromatic ring is 1.